The molecule has 0 saturated heterocycles. The fraction of sp³-hybridized carbons (Fsp3) is 0.938. The minimum atomic E-state index is 0.551. The minimum absolute atomic E-state index is 0.551. The maximum atomic E-state index is 4.82. The Morgan fingerprint density at radius 2 is 1.95 bits per heavy atom. The summed E-state index contributed by atoms with van der Waals surface area (Å²) in [5.74, 6) is 1.29. The van der Waals surface area contributed by atoms with Crippen molar-refractivity contribution < 1.29 is 0 Å². The second-order valence-electron chi connectivity index (χ2n) is 6.28. The van der Waals surface area contributed by atoms with Crippen molar-refractivity contribution in [1.29, 1.82) is 0 Å². The van der Waals surface area contributed by atoms with Crippen LogP contribution in [0.1, 0.15) is 52.4 Å². The van der Waals surface area contributed by atoms with Crippen LogP contribution in [0.15, 0.2) is 4.99 Å². The normalized spacial score (nSPS) is 22.1. The third-order valence-corrected chi connectivity index (χ3v) is 6.11. The third-order valence-electron chi connectivity index (χ3n) is 4.81. The van der Waals surface area contributed by atoms with Gasteiger partial charge in [0, 0.05) is 18.8 Å². The van der Waals surface area contributed by atoms with Crippen LogP contribution in [0.4, 0.5) is 0 Å². The average molecular weight is 298 g/mol. The molecule has 1 N–H and O–H groups in total. The topological polar surface area (TPSA) is 27.6 Å². The Bertz CT molecular complexity index is 307. The molecular formula is C16H31N3S. The van der Waals surface area contributed by atoms with E-state index in [2.05, 4.69) is 24.1 Å². The zero-order valence-electron chi connectivity index (χ0n) is 13.3. The van der Waals surface area contributed by atoms with Crippen molar-refractivity contribution in [2.75, 3.05) is 38.5 Å². The van der Waals surface area contributed by atoms with E-state index in [0.29, 0.717) is 5.41 Å². The Kier molecular flexibility index (Phi) is 6.69. The number of nitrogens with zero attached hydrogens (tertiary/aromatic N) is 2. The molecule has 1 heterocycles. The average Bonchev–Trinajstić information content (AvgIpc) is 2.50. The monoisotopic (exact) mass is 297 g/mol. The van der Waals surface area contributed by atoms with E-state index in [1.807, 2.05) is 11.8 Å². The minimum Gasteiger partial charge on any atom is -0.365 e. The molecule has 1 aliphatic carbocycles. The van der Waals surface area contributed by atoms with Crippen molar-refractivity contribution >= 4 is 16.9 Å². The molecule has 0 aromatic rings. The first kappa shape index (κ1) is 16.2. The van der Waals surface area contributed by atoms with Crippen LogP contribution >= 0.6 is 11.8 Å². The molecule has 4 heteroatoms. The molecule has 0 aromatic carbocycles. The van der Waals surface area contributed by atoms with Crippen molar-refractivity contribution in [2.45, 2.75) is 52.4 Å². The molecule has 0 bridgehead atoms. The van der Waals surface area contributed by atoms with Crippen molar-refractivity contribution in [3.05, 3.63) is 0 Å². The van der Waals surface area contributed by atoms with Gasteiger partial charge in [-0.15, -0.1) is 0 Å². The molecule has 1 saturated carbocycles. The lowest BCUT2D eigenvalue weighted by molar-refractivity contribution is 0.232. The highest BCUT2D eigenvalue weighted by Gasteiger charge is 2.34. The van der Waals surface area contributed by atoms with Gasteiger partial charge in [-0.3, -0.25) is 4.99 Å². The molecule has 1 fully saturated rings. The highest BCUT2D eigenvalue weighted by atomic mass is 32.2. The Hall–Kier alpha value is -0.220. The van der Waals surface area contributed by atoms with Gasteiger partial charge in [0.1, 0.15) is 0 Å². The first-order valence-corrected chi connectivity index (χ1v) is 9.40. The Balaban J connectivity index is 1.65. The predicted molar refractivity (Wildman–Crippen MR) is 90.7 cm³/mol. The van der Waals surface area contributed by atoms with E-state index in [-0.39, 0.29) is 0 Å². The van der Waals surface area contributed by atoms with E-state index in [4.69, 9.17) is 4.99 Å². The molecule has 0 atom stereocenters. The summed E-state index contributed by atoms with van der Waals surface area (Å²) in [6.07, 6.45) is 8.29. The SMILES string of the molecule is CCN(CC)CCCNC1=NCC2(CCCCC2)CS1. The van der Waals surface area contributed by atoms with Crippen molar-refractivity contribution in [3.63, 3.8) is 0 Å². The number of hydrogen-bond acceptors (Lipinski definition) is 4. The van der Waals surface area contributed by atoms with Crippen LogP contribution in [0.25, 0.3) is 0 Å². The number of nitrogens with one attached hydrogen (secondary N) is 1. The van der Waals surface area contributed by atoms with E-state index in [1.54, 1.807) is 0 Å². The van der Waals surface area contributed by atoms with E-state index in [1.165, 1.54) is 56.0 Å². The van der Waals surface area contributed by atoms with E-state index >= 15 is 0 Å². The highest BCUT2D eigenvalue weighted by molar-refractivity contribution is 8.13. The van der Waals surface area contributed by atoms with Crippen molar-refractivity contribution in [1.82, 2.24) is 10.2 Å². The zero-order valence-corrected chi connectivity index (χ0v) is 14.1. The summed E-state index contributed by atoms with van der Waals surface area (Å²) >= 11 is 1.96. The van der Waals surface area contributed by atoms with Crippen LogP contribution in [-0.2, 0) is 0 Å². The van der Waals surface area contributed by atoms with Gasteiger partial charge in [-0.2, -0.15) is 0 Å². The fourth-order valence-corrected chi connectivity index (χ4v) is 4.48. The Labute approximate surface area is 129 Å². The van der Waals surface area contributed by atoms with Crippen LogP contribution in [-0.4, -0.2) is 48.5 Å². The van der Waals surface area contributed by atoms with E-state index in [0.717, 1.165) is 26.2 Å². The van der Waals surface area contributed by atoms with Gasteiger partial charge in [-0.25, -0.2) is 0 Å². The summed E-state index contributed by atoms with van der Waals surface area (Å²) in [4.78, 5) is 7.30. The van der Waals surface area contributed by atoms with Crippen LogP contribution < -0.4 is 5.32 Å². The van der Waals surface area contributed by atoms with E-state index in [9.17, 15) is 0 Å². The Morgan fingerprint density at radius 1 is 1.20 bits per heavy atom. The number of aliphatic imine (C=N–C) groups is 1. The molecule has 20 heavy (non-hydrogen) atoms. The molecule has 2 aliphatic rings. The molecule has 0 unspecified atom stereocenters. The van der Waals surface area contributed by atoms with Gasteiger partial charge < -0.3 is 10.2 Å². The van der Waals surface area contributed by atoms with Crippen molar-refractivity contribution in [2.24, 2.45) is 10.4 Å². The number of thioether (sulfide) groups is 1. The second kappa shape index (κ2) is 8.28. The number of hydrogen-bond donors (Lipinski definition) is 1. The summed E-state index contributed by atoms with van der Waals surface area (Å²) in [6, 6.07) is 0. The third kappa shape index (κ3) is 4.66. The van der Waals surface area contributed by atoms with Crippen LogP contribution in [0.5, 0.6) is 0 Å². The lowest BCUT2D eigenvalue weighted by atomic mass is 9.75. The van der Waals surface area contributed by atoms with Crippen LogP contribution in [0.3, 0.4) is 0 Å². The molecule has 2 rings (SSSR count). The van der Waals surface area contributed by atoms with Gasteiger partial charge in [0.05, 0.1) is 0 Å². The maximum Gasteiger partial charge on any atom is 0.156 e. The highest BCUT2D eigenvalue weighted by Crippen LogP contribution is 2.41. The van der Waals surface area contributed by atoms with Crippen LogP contribution in [0, 0.1) is 5.41 Å². The first-order valence-electron chi connectivity index (χ1n) is 8.41. The molecule has 0 aromatic heterocycles. The number of rotatable bonds is 6. The predicted octanol–water partition coefficient (Wildman–Crippen LogP) is 3.36. The fourth-order valence-electron chi connectivity index (χ4n) is 3.30. The largest absolute Gasteiger partial charge is 0.365 e. The van der Waals surface area contributed by atoms with Crippen LogP contribution in [0.2, 0.25) is 0 Å². The van der Waals surface area contributed by atoms with Gasteiger partial charge in [0.25, 0.3) is 0 Å². The van der Waals surface area contributed by atoms with Gasteiger partial charge in [0.15, 0.2) is 5.17 Å². The lowest BCUT2D eigenvalue weighted by Crippen LogP contribution is -2.37. The van der Waals surface area contributed by atoms with Gasteiger partial charge in [0.2, 0.25) is 0 Å². The summed E-state index contributed by atoms with van der Waals surface area (Å²) in [5.41, 5.74) is 0.551. The summed E-state index contributed by atoms with van der Waals surface area (Å²) in [5, 5.41) is 4.73. The Morgan fingerprint density at radius 3 is 2.55 bits per heavy atom. The molecule has 3 nitrogen and oxygen atoms in total. The maximum absolute atomic E-state index is 4.82. The quantitative estimate of drug-likeness (QED) is 0.762. The second-order valence-corrected chi connectivity index (χ2v) is 7.24. The zero-order chi connectivity index (χ0) is 14.3. The summed E-state index contributed by atoms with van der Waals surface area (Å²) in [6.45, 7) is 10.1. The van der Waals surface area contributed by atoms with Crippen molar-refractivity contribution in [3.8, 4) is 0 Å². The van der Waals surface area contributed by atoms with Gasteiger partial charge >= 0.3 is 0 Å². The molecule has 1 spiro atoms. The summed E-state index contributed by atoms with van der Waals surface area (Å²) < 4.78 is 0. The smallest absolute Gasteiger partial charge is 0.156 e. The molecular weight excluding hydrogens is 266 g/mol. The van der Waals surface area contributed by atoms with Gasteiger partial charge in [-0.1, -0.05) is 44.9 Å². The number of amidine groups is 1. The molecule has 116 valence electrons. The molecule has 1 aliphatic heterocycles. The van der Waals surface area contributed by atoms with Gasteiger partial charge in [-0.05, 0) is 44.3 Å². The lowest BCUT2D eigenvalue weighted by Gasteiger charge is -2.38. The molecule has 0 amide bonds. The molecule has 0 radical (unpaired) electrons. The van der Waals surface area contributed by atoms with E-state index < -0.39 is 0 Å². The standard InChI is InChI=1S/C16H31N3S/c1-3-19(4-2)12-8-11-17-15-18-13-16(14-20-15)9-6-5-7-10-16/h3-14H2,1-2H3,(H,17,18). The first-order chi connectivity index (χ1) is 9.78. The summed E-state index contributed by atoms with van der Waals surface area (Å²) in [7, 11) is 0.